The Kier molecular flexibility index (Phi) is 6.79. The van der Waals surface area contributed by atoms with Crippen molar-refractivity contribution >= 4 is 17.6 Å². The van der Waals surface area contributed by atoms with Gasteiger partial charge in [-0.3, -0.25) is 19.2 Å². The fourth-order valence-electron chi connectivity index (χ4n) is 4.83. The summed E-state index contributed by atoms with van der Waals surface area (Å²) in [5, 5.41) is 2.47. The number of ketones is 1. The SMILES string of the molecule is C[C@@H]1CCC(=O)[C@H]2CN1C(=O)c1c(OCc3ccccc3)c(=O)c(C(=O)NCc3ccc(F)cc3F)cn12. The first-order chi connectivity index (χ1) is 18.2. The Morgan fingerprint density at radius 1 is 1.11 bits per heavy atom. The molecule has 2 aliphatic rings. The van der Waals surface area contributed by atoms with Crippen LogP contribution in [0.2, 0.25) is 0 Å². The number of nitrogens with zero attached hydrogens (tertiary/aromatic N) is 2. The Morgan fingerprint density at radius 3 is 2.61 bits per heavy atom. The lowest BCUT2D eigenvalue weighted by molar-refractivity contribution is -0.122. The molecular formula is C28H25F2N3O5. The topological polar surface area (TPSA) is 97.7 Å². The maximum Gasteiger partial charge on any atom is 0.274 e. The van der Waals surface area contributed by atoms with Crippen molar-refractivity contribution in [1.29, 1.82) is 0 Å². The molecule has 0 aliphatic carbocycles. The minimum Gasteiger partial charge on any atom is -0.483 e. The molecule has 1 N–H and O–H groups in total. The number of nitrogens with one attached hydrogen (secondary N) is 1. The van der Waals surface area contributed by atoms with E-state index < -0.39 is 34.9 Å². The molecule has 0 unspecified atom stereocenters. The lowest BCUT2D eigenvalue weighted by atomic mass is 10.0. The molecule has 0 radical (unpaired) electrons. The van der Waals surface area contributed by atoms with E-state index in [9.17, 15) is 28.0 Å². The molecule has 2 atom stereocenters. The summed E-state index contributed by atoms with van der Waals surface area (Å²) in [6.45, 7) is 1.62. The van der Waals surface area contributed by atoms with Crippen molar-refractivity contribution < 1.29 is 27.9 Å². The minimum atomic E-state index is -0.845. The maximum absolute atomic E-state index is 14.1. The lowest BCUT2D eigenvalue weighted by Crippen LogP contribution is -2.48. The number of hydrogen-bond donors (Lipinski definition) is 1. The third-order valence-electron chi connectivity index (χ3n) is 7.00. The van der Waals surface area contributed by atoms with Gasteiger partial charge in [-0.05, 0) is 25.0 Å². The summed E-state index contributed by atoms with van der Waals surface area (Å²) in [6, 6.07) is 10.9. The number of fused-ring (bicyclic) bond motifs is 4. The van der Waals surface area contributed by atoms with Crippen LogP contribution in [0.25, 0.3) is 0 Å². The van der Waals surface area contributed by atoms with Crippen LogP contribution in [0.4, 0.5) is 8.78 Å². The van der Waals surface area contributed by atoms with Crippen LogP contribution in [0.5, 0.6) is 5.75 Å². The Labute approximate surface area is 216 Å². The van der Waals surface area contributed by atoms with Crippen molar-refractivity contribution in [1.82, 2.24) is 14.8 Å². The van der Waals surface area contributed by atoms with E-state index in [1.807, 2.05) is 13.0 Å². The van der Waals surface area contributed by atoms with Crippen LogP contribution < -0.4 is 15.5 Å². The summed E-state index contributed by atoms with van der Waals surface area (Å²) in [5.41, 5.74) is -0.497. The predicted molar refractivity (Wildman–Crippen MR) is 133 cm³/mol. The van der Waals surface area contributed by atoms with Gasteiger partial charge in [-0.25, -0.2) is 8.78 Å². The first-order valence-corrected chi connectivity index (χ1v) is 12.3. The van der Waals surface area contributed by atoms with Crippen molar-refractivity contribution in [3.8, 4) is 5.75 Å². The number of halogens is 2. The molecule has 1 aromatic heterocycles. The van der Waals surface area contributed by atoms with Gasteiger partial charge in [0.2, 0.25) is 5.43 Å². The Balaban J connectivity index is 1.56. The number of benzene rings is 2. The van der Waals surface area contributed by atoms with Crippen molar-refractivity contribution in [2.45, 2.75) is 45.0 Å². The molecule has 2 aromatic carbocycles. The van der Waals surface area contributed by atoms with Crippen LogP contribution in [0.15, 0.2) is 59.5 Å². The molecule has 1 saturated heterocycles. The Bertz CT molecular complexity index is 1490. The average Bonchev–Trinajstić information content (AvgIpc) is 3.03. The maximum atomic E-state index is 14.1. The summed E-state index contributed by atoms with van der Waals surface area (Å²) in [5.74, 6) is -3.34. The van der Waals surface area contributed by atoms with Crippen LogP contribution in [0.1, 0.15) is 57.8 Å². The lowest BCUT2D eigenvalue weighted by Gasteiger charge is -2.36. The first-order valence-electron chi connectivity index (χ1n) is 12.3. The summed E-state index contributed by atoms with van der Waals surface area (Å²) in [6.07, 6.45) is 1.93. The summed E-state index contributed by atoms with van der Waals surface area (Å²) >= 11 is 0. The monoisotopic (exact) mass is 521 g/mol. The molecule has 196 valence electrons. The summed E-state index contributed by atoms with van der Waals surface area (Å²) < 4.78 is 34.6. The van der Waals surface area contributed by atoms with Gasteiger partial charge in [0.1, 0.15) is 29.8 Å². The van der Waals surface area contributed by atoms with Gasteiger partial charge in [0.25, 0.3) is 11.8 Å². The number of ether oxygens (including phenoxy) is 1. The van der Waals surface area contributed by atoms with E-state index in [1.165, 1.54) is 16.8 Å². The van der Waals surface area contributed by atoms with E-state index in [4.69, 9.17) is 4.74 Å². The molecule has 38 heavy (non-hydrogen) atoms. The highest BCUT2D eigenvalue weighted by molar-refractivity contribution is 6.01. The fraction of sp³-hybridized carbons (Fsp3) is 0.286. The van der Waals surface area contributed by atoms with Crippen LogP contribution in [0.3, 0.4) is 0 Å². The van der Waals surface area contributed by atoms with E-state index in [1.54, 1.807) is 29.2 Å². The van der Waals surface area contributed by atoms with Gasteiger partial charge in [-0.15, -0.1) is 0 Å². The number of carbonyl (C=O) groups excluding carboxylic acids is 3. The zero-order chi connectivity index (χ0) is 27.0. The van der Waals surface area contributed by atoms with Gasteiger partial charge in [0.05, 0.1) is 0 Å². The van der Waals surface area contributed by atoms with Crippen molar-refractivity contribution in [2.24, 2.45) is 0 Å². The van der Waals surface area contributed by atoms with Crippen LogP contribution in [0, 0.1) is 11.6 Å². The second-order valence-corrected chi connectivity index (χ2v) is 9.48. The smallest absolute Gasteiger partial charge is 0.274 e. The Morgan fingerprint density at radius 2 is 1.87 bits per heavy atom. The van der Waals surface area contributed by atoms with Crippen LogP contribution in [-0.2, 0) is 17.9 Å². The van der Waals surface area contributed by atoms with Gasteiger partial charge >= 0.3 is 0 Å². The first kappa shape index (κ1) is 25.3. The van der Waals surface area contributed by atoms with Gasteiger partial charge in [0.15, 0.2) is 17.2 Å². The van der Waals surface area contributed by atoms with Gasteiger partial charge in [-0.1, -0.05) is 36.4 Å². The number of Topliss-reactive ketones (excluding diaryl/α,β-unsaturated/α-hetero) is 1. The van der Waals surface area contributed by atoms with Crippen molar-refractivity contribution in [3.63, 3.8) is 0 Å². The van der Waals surface area contributed by atoms with Crippen molar-refractivity contribution in [3.05, 3.63) is 99.0 Å². The summed E-state index contributed by atoms with van der Waals surface area (Å²) in [7, 11) is 0. The quantitative estimate of drug-likeness (QED) is 0.537. The second kappa shape index (κ2) is 10.2. The predicted octanol–water partition coefficient (Wildman–Crippen LogP) is 3.38. The highest BCUT2D eigenvalue weighted by Crippen LogP contribution is 2.33. The molecule has 3 heterocycles. The molecular weight excluding hydrogens is 496 g/mol. The summed E-state index contributed by atoms with van der Waals surface area (Å²) in [4.78, 5) is 54.8. The molecule has 5 rings (SSSR count). The molecule has 8 nitrogen and oxygen atoms in total. The standard InChI is InChI=1S/C28H25F2N3O5/c1-16-7-10-23(34)22-14-32(16)28(37)24-26(38-15-17-5-3-2-4-6-17)25(35)20(13-33(22)24)27(36)31-12-18-8-9-19(29)11-21(18)30/h2-6,8-9,11,13,16,22H,7,10,12,14-15H2,1H3,(H,31,36)/t16-,22-/m1/s1. The highest BCUT2D eigenvalue weighted by Gasteiger charge is 2.42. The molecule has 0 saturated carbocycles. The van der Waals surface area contributed by atoms with E-state index in [2.05, 4.69) is 5.32 Å². The van der Waals surface area contributed by atoms with E-state index in [0.29, 0.717) is 12.5 Å². The Hall–Kier alpha value is -4.34. The number of hydrogen-bond acceptors (Lipinski definition) is 5. The number of rotatable bonds is 6. The van der Waals surface area contributed by atoms with E-state index in [0.717, 1.165) is 11.6 Å². The number of pyridine rings is 1. The largest absolute Gasteiger partial charge is 0.483 e. The normalized spacial score (nSPS) is 18.6. The zero-order valence-corrected chi connectivity index (χ0v) is 20.6. The molecule has 0 spiro atoms. The van der Waals surface area contributed by atoms with E-state index >= 15 is 0 Å². The van der Waals surface area contributed by atoms with E-state index in [-0.39, 0.29) is 60.5 Å². The molecule has 10 heteroatoms. The van der Waals surface area contributed by atoms with Gasteiger partial charge in [0, 0.05) is 43.4 Å². The molecule has 3 aromatic rings. The van der Waals surface area contributed by atoms with Crippen molar-refractivity contribution in [2.75, 3.05) is 6.54 Å². The average molecular weight is 522 g/mol. The van der Waals surface area contributed by atoms with Crippen LogP contribution in [-0.4, -0.2) is 39.7 Å². The minimum absolute atomic E-state index is 0.0251. The second-order valence-electron chi connectivity index (χ2n) is 9.48. The molecule has 2 aliphatic heterocycles. The molecule has 2 bridgehead atoms. The third-order valence-corrected chi connectivity index (χ3v) is 7.00. The molecule has 1 fully saturated rings. The highest BCUT2D eigenvalue weighted by atomic mass is 19.1. The van der Waals surface area contributed by atoms with Gasteiger partial charge in [-0.2, -0.15) is 0 Å². The third kappa shape index (κ3) is 4.69. The number of carbonyl (C=O) groups is 3. The van der Waals surface area contributed by atoms with Gasteiger partial charge < -0.3 is 19.5 Å². The number of amides is 2. The molecule has 2 amide bonds. The zero-order valence-electron chi connectivity index (χ0n) is 20.6. The number of aromatic nitrogens is 1. The fourth-order valence-corrected chi connectivity index (χ4v) is 4.83. The van der Waals surface area contributed by atoms with Crippen LogP contribution >= 0.6 is 0 Å².